The van der Waals surface area contributed by atoms with Gasteiger partial charge in [0.2, 0.25) is 5.91 Å². The van der Waals surface area contributed by atoms with Crippen molar-refractivity contribution in [2.45, 2.75) is 44.8 Å². The molecular weight excluding hydrogens is 302 g/mol. The van der Waals surface area contributed by atoms with E-state index >= 15 is 0 Å². The van der Waals surface area contributed by atoms with Crippen LogP contribution in [0, 0.1) is 0 Å². The maximum absolute atomic E-state index is 13.2. The van der Waals surface area contributed by atoms with E-state index in [4.69, 9.17) is 9.15 Å². The first-order valence-corrected chi connectivity index (χ1v) is 8.75. The number of benzene rings is 1. The zero-order valence-electron chi connectivity index (χ0n) is 14.2. The molecule has 1 aromatic carbocycles. The predicted molar refractivity (Wildman–Crippen MR) is 92.6 cm³/mol. The highest BCUT2D eigenvalue weighted by Crippen LogP contribution is 2.24. The van der Waals surface area contributed by atoms with Crippen LogP contribution in [-0.4, -0.2) is 30.1 Å². The first kappa shape index (κ1) is 16.8. The molecule has 2 unspecified atom stereocenters. The number of ether oxygens (including phenoxy) is 1. The van der Waals surface area contributed by atoms with Gasteiger partial charge in [0.05, 0.1) is 24.8 Å². The Morgan fingerprint density at radius 2 is 2.08 bits per heavy atom. The molecule has 3 rings (SSSR count). The summed E-state index contributed by atoms with van der Waals surface area (Å²) in [5.74, 6) is 0.836. The molecule has 1 amide bonds. The quantitative estimate of drug-likeness (QED) is 0.772. The number of furan rings is 1. The number of carbonyl (C=O) groups excluding carboxylic acids is 1. The zero-order valence-corrected chi connectivity index (χ0v) is 14.2. The lowest BCUT2D eigenvalue weighted by atomic mass is 9.94. The second-order valence-electron chi connectivity index (χ2n) is 6.30. The standard InChI is InChI=1S/C20H25NO3/c1-2-19(16-8-4-3-5-9-16)20(22)21(14-17-10-6-12-23-17)15-18-11-7-13-24-18/h3-6,8-10,12,18-19H,2,7,11,13-15H2,1H3. The predicted octanol–water partition coefficient (Wildman–Crippen LogP) is 3.98. The Morgan fingerprint density at radius 3 is 2.71 bits per heavy atom. The van der Waals surface area contributed by atoms with Crippen LogP contribution < -0.4 is 0 Å². The molecule has 1 aliphatic heterocycles. The third kappa shape index (κ3) is 4.06. The molecule has 2 heterocycles. The number of carbonyl (C=O) groups is 1. The van der Waals surface area contributed by atoms with Crippen LogP contribution >= 0.6 is 0 Å². The normalized spacial score (nSPS) is 18.5. The van der Waals surface area contributed by atoms with Crippen molar-refractivity contribution in [1.29, 1.82) is 0 Å². The summed E-state index contributed by atoms with van der Waals surface area (Å²) in [5, 5.41) is 0. The molecule has 0 radical (unpaired) electrons. The zero-order chi connectivity index (χ0) is 16.8. The maximum atomic E-state index is 13.2. The first-order valence-electron chi connectivity index (χ1n) is 8.75. The Labute approximate surface area is 143 Å². The molecule has 1 saturated heterocycles. The van der Waals surface area contributed by atoms with Gasteiger partial charge < -0.3 is 14.1 Å². The van der Waals surface area contributed by atoms with Crippen molar-refractivity contribution in [3.05, 3.63) is 60.1 Å². The number of hydrogen-bond donors (Lipinski definition) is 0. The van der Waals surface area contributed by atoms with Crippen molar-refractivity contribution in [3.8, 4) is 0 Å². The number of rotatable bonds is 7. The molecule has 4 nitrogen and oxygen atoms in total. The van der Waals surface area contributed by atoms with E-state index in [0.29, 0.717) is 13.1 Å². The smallest absolute Gasteiger partial charge is 0.230 e. The van der Waals surface area contributed by atoms with Gasteiger partial charge in [-0.15, -0.1) is 0 Å². The van der Waals surface area contributed by atoms with Gasteiger partial charge in [-0.25, -0.2) is 0 Å². The minimum atomic E-state index is -0.123. The van der Waals surface area contributed by atoms with Crippen molar-refractivity contribution >= 4 is 5.91 Å². The molecule has 2 atom stereocenters. The second-order valence-corrected chi connectivity index (χ2v) is 6.30. The highest BCUT2D eigenvalue weighted by Gasteiger charge is 2.28. The molecule has 1 aliphatic rings. The molecule has 1 aromatic heterocycles. The molecule has 4 heteroatoms. The Kier molecular flexibility index (Phi) is 5.70. The van der Waals surface area contributed by atoms with Crippen molar-refractivity contribution in [1.82, 2.24) is 4.90 Å². The fraction of sp³-hybridized carbons (Fsp3) is 0.450. The average molecular weight is 327 g/mol. The molecule has 0 spiro atoms. The number of amides is 1. The molecule has 0 aliphatic carbocycles. The summed E-state index contributed by atoms with van der Waals surface area (Å²) in [4.78, 5) is 15.1. The van der Waals surface area contributed by atoms with Gasteiger partial charge in [-0.3, -0.25) is 4.79 Å². The van der Waals surface area contributed by atoms with Gasteiger partial charge in [-0.05, 0) is 37.0 Å². The van der Waals surface area contributed by atoms with Crippen molar-refractivity contribution in [2.75, 3.05) is 13.2 Å². The molecule has 0 saturated carbocycles. The summed E-state index contributed by atoms with van der Waals surface area (Å²) in [7, 11) is 0. The Morgan fingerprint density at radius 1 is 1.25 bits per heavy atom. The SMILES string of the molecule is CCC(C(=O)N(Cc1ccco1)CC1CCCO1)c1ccccc1. The van der Waals surface area contributed by atoms with Crippen LogP contribution in [0.3, 0.4) is 0 Å². The van der Waals surface area contributed by atoms with Crippen molar-refractivity contribution in [3.63, 3.8) is 0 Å². The van der Waals surface area contributed by atoms with Gasteiger partial charge in [-0.2, -0.15) is 0 Å². The topological polar surface area (TPSA) is 42.7 Å². The van der Waals surface area contributed by atoms with E-state index in [0.717, 1.165) is 37.2 Å². The van der Waals surface area contributed by atoms with E-state index in [9.17, 15) is 4.79 Å². The summed E-state index contributed by atoms with van der Waals surface area (Å²) < 4.78 is 11.2. The fourth-order valence-corrected chi connectivity index (χ4v) is 3.32. The van der Waals surface area contributed by atoms with E-state index in [-0.39, 0.29) is 17.9 Å². The molecule has 0 bridgehead atoms. The van der Waals surface area contributed by atoms with Crippen LogP contribution in [0.4, 0.5) is 0 Å². The lowest BCUT2D eigenvalue weighted by Gasteiger charge is -2.28. The van der Waals surface area contributed by atoms with Crippen molar-refractivity contribution < 1.29 is 13.9 Å². The lowest BCUT2D eigenvalue weighted by molar-refractivity contribution is -0.135. The first-order chi connectivity index (χ1) is 11.8. The van der Waals surface area contributed by atoms with Gasteiger partial charge in [0, 0.05) is 13.2 Å². The molecule has 1 fully saturated rings. The van der Waals surface area contributed by atoms with Gasteiger partial charge in [0.25, 0.3) is 0 Å². The monoisotopic (exact) mass is 327 g/mol. The Balaban J connectivity index is 1.78. The van der Waals surface area contributed by atoms with Gasteiger partial charge in [-0.1, -0.05) is 37.3 Å². The largest absolute Gasteiger partial charge is 0.467 e. The maximum Gasteiger partial charge on any atom is 0.230 e. The Bertz CT molecular complexity index is 618. The summed E-state index contributed by atoms with van der Waals surface area (Å²) in [5.41, 5.74) is 1.07. The van der Waals surface area contributed by atoms with E-state index in [2.05, 4.69) is 6.92 Å². The Hall–Kier alpha value is -2.07. The van der Waals surface area contributed by atoms with Crippen LogP contribution in [0.5, 0.6) is 0 Å². The van der Waals surface area contributed by atoms with Crippen LogP contribution in [0.25, 0.3) is 0 Å². The number of hydrogen-bond acceptors (Lipinski definition) is 3. The molecule has 24 heavy (non-hydrogen) atoms. The number of nitrogens with zero attached hydrogens (tertiary/aromatic N) is 1. The summed E-state index contributed by atoms with van der Waals surface area (Å²) in [6.45, 7) is 3.98. The lowest BCUT2D eigenvalue weighted by Crippen LogP contribution is -2.39. The fourth-order valence-electron chi connectivity index (χ4n) is 3.32. The van der Waals surface area contributed by atoms with Crippen LogP contribution in [0.2, 0.25) is 0 Å². The van der Waals surface area contributed by atoms with Crippen LogP contribution in [0.1, 0.15) is 43.4 Å². The van der Waals surface area contributed by atoms with Crippen LogP contribution in [-0.2, 0) is 16.1 Å². The van der Waals surface area contributed by atoms with E-state index < -0.39 is 0 Å². The minimum Gasteiger partial charge on any atom is -0.467 e. The second kappa shape index (κ2) is 8.15. The molecule has 128 valence electrons. The average Bonchev–Trinajstić information content (AvgIpc) is 3.30. The summed E-state index contributed by atoms with van der Waals surface area (Å²) in [6, 6.07) is 13.8. The summed E-state index contributed by atoms with van der Waals surface area (Å²) in [6.07, 6.45) is 4.66. The van der Waals surface area contributed by atoms with E-state index in [1.54, 1.807) is 6.26 Å². The van der Waals surface area contributed by atoms with Crippen LogP contribution in [0.15, 0.2) is 53.1 Å². The molecular formula is C20H25NO3. The highest BCUT2D eigenvalue weighted by molar-refractivity contribution is 5.83. The third-order valence-electron chi connectivity index (χ3n) is 4.59. The van der Waals surface area contributed by atoms with Gasteiger partial charge in [0.15, 0.2) is 0 Å². The minimum absolute atomic E-state index is 0.123. The van der Waals surface area contributed by atoms with E-state index in [1.165, 1.54) is 0 Å². The van der Waals surface area contributed by atoms with Gasteiger partial charge in [0.1, 0.15) is 5.76 Å². The van der Waals surface area contributed by atoms with Gasteiger partial charge >= 0.3 is 0 Å². The molecule has 2 aromatic rings. The van der Waals surface area contributed by atoms with E-state index in [1.807, 2.05) is 47.4 Å². The third-order valence-corrected chi connectivity index (χ3v) is 4.59. The molecule has 0 N–H and O–H groups in total. The highest BCUT2D eigenvalue weighted by atomic mass is 16.5. The summed E-state index contributed by atoms with van der Waals surface area (Å²) >= 11 is 0. The van der Waals surface area contributed by atoms with Crippen molar-refractivity contribution in [2.24, 2.45) is 0 Å².